The van der Waals surface area contributed by atoms with Crippen molar-refractivity contribution in [2.75, 3.05) is 19.6 Å². The predicted molar refractivity (Wildman–Crippen MR) is 125 cm³/mol. The molecule has 0 aliphatic carbocycles. The third-order valence-electron chi connectivity index (χ3n) is 6.24. The van der Waals surface area contributed by atoms with Gasteiger partial charge in [0.05, 0.1) is 6.04 Å². The van der Waals surface area contributed by atoms with Crippen molar-refractivity contribution in [3.8, 4) is 0 Å². The lowest BCUT2D eigenvalue weighted by molar-refractivity contribution is -0.152. The van der Waals surface area contributed by atoms with Gasteiger partial charge in [-0.05, 0) is 44.9 Å². The molecule has 0 aromatic carbocycles. The number of hydrogen-bond acceptors (Lipinski definition) is 7. The van der Waals surface area contributed by atoms with E-state index in [2.05, 4.69) is 10.3 Å². The fourth-order valence-electron chi connectivity index (χ4n) is 4.44. The molecular formula is C21H36N8O6. The Hall–Kier alpha value is -3.42. The van der Waals surface area contributed by atoms with Gasteiger partial charge in [-0.3, -0.25) is 24.2 Å². The van der Waals surface area contributed by atoms with Crippen molar-refractivity contribution in [3.63, 3.8) is 0 Å². The number of guanidine groups is 1. The van der Waals surface area contributed by atoms with Gasteiger partial charge in [0.25, 0.3) is 0 Å². The highest BCUT2D eigenvalue weighted by Gasteiger charge is 2.43. The second-order valence-electron chi connectivity index (χ2n) is 8.84. The zero-order chi connectivity index (χ0) is 26.1. The number of nitrogens with zero attached hydrogens (tertiary/aromatic N) is 3. The van der Waals surface area contributed by atoms with E-state index < -0.39 is 53.8 Å². The number of amides is 4. The smallest absolute Gasteiger partial charge is 0.326 e. The predicted octanol–water partition coefficient (Wildman–Crippen LogP) is -2.82. The van der Waals surface area contributed by atoms with Crippen LogP contribution in [0.25, 0.3) is 0 Å². The maximum atomic E-state index is 13.4. The van der Waals surface area contributed by atoms with Gasteiger partial charge in [-0.2, -0.15) is 0 Å². The van der Waals surface area contributed by atoms with Crippen LogP contribution in [-0.4, -0.2) is 94.3 Å². The zero-order valence-electron chi connectivity index (χ0n) is 19.7. The van der Waals surface area contributed by atoms with Crippen LogP contribution in [-0.2, 0) is 24.0 Å². The van der Waals surface area contributed by atoms with E-state index in [1.165, 1.54) is 9.80 Å². The molecule has 10 N–H and O–H groups in total. The Morgan fingerprint density at radius 2 is 1.60 bits per heavy atom. The molecule has 2 heterocycles. The van der Waals surface area contributed by atoms with E-state index in [-0.39, 0.29) is 31.8 Å². The molecule has 0 radical (unpaired) electrons. The molecule has 0 saturated carbocycles. The molecular weight excluding hydrogens is 460 g/mol. The molecule has 0 bridgehead atoms. The Labute approximate surface area is 203 Å². The Kier molecular flexibility index (Phi) is 10.2. The van der Waals surface area contributed by atoms with Crippen molar-refractivity contribution in [1.29, 1.82) is 0 Å². The summed E-state index contributed by atoms with van der Waals surface area (Å²) in [4.78, 5) is 68.5. The maximum absolute atomic E-state index is 13.4. The lowest BCUT2D eigenvalue weighted by Gasteiger charge is -2.32. The van der Waals surface area contributed by atoms with Crippen molar-refractivity contribution in [2.45, 2.75) is 75.5 Å². The minimum absolute atomic E-state index is 0.0560. The van der Waals surface area contributed by atoms with Crippen LogP contribution in [0.3, 0.4) is 0 Å². The Morgan fingerprint density at radius 3 is 2.20 bits per heavy atom. The lowest BCUT2D eigenvalue weighted by atomic mass is 10.1. The minimum Gasteiger partial charge on any atom is -0.480 e. The van der Waals surface area contributed by atoms with Gasteiger partial charge in [0.15, 0.2) is 5.96 Å². The molecule has 2 saturated heterocycles. The van der Waals surface area contributed by atoms with Crippen LogP contribution >= 0.6 is 0 Å². The van der Waals surface area contributed by atoms with Gasteiger partial charge < -0.3 is 43.2 Å². The Bertz CT molecular complexity index is 846. The van der Waals surface area contributed by atoms with Gasteiger partial charge in [0.1, 0.15) is 18.1 Å². The van der Waals surface area contributed by atoms with Gasteiger partial charge in [0.2, 0.25) is 23.6 Å². The van der Waals surface area contributed by atoms with Crippen LogP contribution in [0.2, 0.25) is 0 Å². The Morgan fingerprint density at radius 1 is 0.971 bits per heavy atom. The highest BCUT2D eigenvalue weighted by atomic mass is 16.4. The number of aliphatic imine (C=N–C) groups is 1. The first-order chi connectivity index (χ1) is 16.5. The summed E-state index contributed by atoms with van der Waals surface area (Å²) in [5.74, 6) is -3.34. The SMILES string of the molecule is NC(=O)CCC(NC(=O)C(N)CCCN=C(N)N)C(=O)N1CCCC1C(=O)N1CCCC1C(=O)O. The standard InChI is InChI=1S/C21H36N8O6/c22-12(4-1-9-26-21(24)25)17(31)27-13(7-8-16(23)30)18(32)28-10-2-5-14(28)19(33)29-11-3-6-15(29)20(34)35/h12-15H,1-11,22H2,(H2,23,30)(H,27,31)(H,34,35)(H4,24,25,26). The number of carboxylic acid groups (broad SMARTS) is 1. The molecule has 2 aliphatic rings. The second-order valence-corrected chi connectivity index (χ2v) is 8.84. The number of aliphatic carboxylic acids is 1. The number of nitrogens with one attached hydrogen (secondary N) is 1. The first-order valence-electron chi connectivity index (χ1n) is 11.8. The van der Waals surface area contributed by atoms with Crippen molar-refractivity contribution >= 4 is 35.6 Å². The van der Waals surface area contributed by atoms with Crippen LogP contribution in [0, 0.1) is 0 Å². The molecule has 2 rings (SSSR count). The number of carboxylic acids is 1. The largest absolute Gasteiger partial charge is 0.480 e. The van der Waals surface area contributed by atoms with Crippen molar-refractivity contribution in [2.24, 2.45) is 27.9 Å². The monoisotopic (exact) mass is 496 g/mol. The van der Waals surface area contributed by atoms with E-state index in [1.807, 2.05) is 0 Å². The number of hydrogen-bond donors (Lipinski definition) is 6. The quantitative estimate of drug-likeness (QED) is 0.0926. The molecule has 0 spiro atoms. The first-order valence-corrected chi connectivity index (χ1v) is 11.8. The van der Waals surface area contributed by atoms with E-state index in [4.69, 9.17) is 22.9 Å². The normalized spacial score (nSPS) is 21.3. The highest BCUT2D eigenvalue weighted by Crippen LogP contribution is 2.26. The van der Waals surface area contributed by atoms with E-state index in [1.54, 1.807) is 0 Å². The van der Waals surface area contributed by atoms with E-state index in [0.717, 1.165) is 0 Å². The summed E-state index contributed by atoms with van der Waals surface area (Å²) in [5, 5.41) is 12.0. The summed E-state index contributed by atoms with van der Waals surface area (Å²) < 4.78 is 0. The summed E-state index contributed by atoms with van der Waals surface area (Å²) in [6.07, 6.45) is 2.35. The molecule has 4 atom stereocenters. The van der Waals surface area contributed by atoms with Crippen molar-refractivity contribution in [3.05, 3.63) is 0 Å². The van der Waals surface area contributed by atoms with Crippen LogP contribution in [0.15, 0.2) is 4.99 Å². The van der Waals surface area contributed by atoms with Gasteiger partial charge in [0, 0.05) is 26.1 Å². The van der Waals surface area contributed by atoms with Gasteiger partial charge >= 0.3 is 5.97 Å². The number of rotatable bonds is 12. The molecule has 196 valence electrons. The fourth-order valence-corrected chi connectivity index (χ4v) is 4.44. The number of primary amides is 1. The van der Waals surface area contributed by atoms with E-state index >= 15 is 0 Å². The second kappa shape index (κ2) is 12.9. The summed E-state index contributed by atoms with van der Waals surface area (Å²) in [7, 11) is 0. The minimum atomic E-state index is -1.11. The number of carbonyl (C=O) groups excluding carboxylic acids is 4. The van der Waals surface area contributed by atoms with Crippen LogP contribution in [0.5, 0.6) is 0 Å². The molecule has 14 nitrogen and oxygen atoms in total. The number of carbonyl (C=O) groups is 5. The fraction of sp³-hybridized carbons (Fsp3) is 0.714. The number of likely N-dealkylation sites (tertiary alicyclic amines) is 2. The van der Waals surface area contributed by atoms with Crippen LogP contribution in [0.1, 0.15) is 51.4 Å². The molecule has 2 fully saturated rings. The molecule has 14 heteroatoms. The average molecular weight is 497 g/mol. The molecule has 2 aliphatic heterocycles. The lowest BCUT2D eigenvalue weighted by Crippen LogP contribution is -2.57. The molecule has 4 unspecified atom stereocenters. The van der Waals surface area contributed by atoms with Crippen molar-refractivity contribution in [1.82, 2.24) is 15.1 Å². The Balaban J connectivity index is 2.08. The zero-order valence-corrected chi connectivity index (χ0v) is 19.7. The van der Waals surface area contributed by atoms with Crippen LogP contribution < -0.4 is 28.3 Å². The average Bonchev–Trinajstić information content (AvgIpc) is 3.48. The highest BCUT2D eigenvalue weighted by molar-refractivity contribution is 5.95. The molecule has 0 aromatic heterocycles. The molecule has 4 amide bonds. The van der Waals surface area contributed by atoms with Gasteiger partial charge in [-0.15, -0.1) is 0 Å². The third-order valence-corrected chi connectivity index (χ3v) is 6.24. The summed E-state index contributed by atoms with van der Waals surface area (Å²) in [6.45, 7) is 0.873. The first kappa shape index (κ1) is 27.8. The van der Waals surface area contributed by atoms with E-state index in [0.29, 0.717) is 45.2 Å². The maximum Gasteiger partial charge on any atom is 0.326 e. The van der Waals surface area contributed by atoms with E-state index in [9.17, 15) is 29.1 Å². The molecule has 35 heavy (non-hydrogen) atoms. The van der Waals surface area contributed by atoms with Crippen molar-refractivity contribution < 1.29 is 29.1 Å². The van der Waals surface area contributed by atoms with Gasteiger partial charge in [-0.1, -0.05) is 0 Å². The summed E-state index contributed by atoms with van der Waals surface area (Å²) in [5.41, 5.74) is 21.7. The topological polar surface area (TPSA) is 241 Å². The molecule has 0 aromatic rings. The number of nitrogens with two attached hydrogens (primary N) is 4. The third kappa shape index (κ3) is 7.80. The van der Waals surface area contributed by atoms with Crippen LogP contribution in [0.4, 0.5) is 0 Å². The van der Waals surface area contributed by atoms with Gasteiger partial charge in [-0.25, -0.2) is 4.79 Å². The summed E-state index contributed by atoms with van der Waals surface area (Å²) >= 11 is 0. The summed E-state index contributed by atoms with van der Waals surface area (Å²) in [6, 6.07) is -3.79.